The average Bonchev–Trinajstić information content (AvgIpc) is 2.39. The summed E-state index contributed by atoms with van der Waals surface area (Å²) in [5.74, 6) is 5.11. The Kier molecular flexibility index (Phi) is 4.34. The number of benzene rings is 1. The van der Waals surface area contributed by atoms with Crippen LogP contribution >= 0.6 is 0 Å². The average molecular weight is 270 g/mol. The van der Waals surface area contributed by atoms with Gasteiger partial charge in [-0.2, -0.15) is 0 Å². The Hall–Kier alpha value is -2.38. The molecule has 0 aliphatic carbocycles. The minimum Gasteiger partial charge on any atom is -0.320 e. The standard InChI is InChI=1S/C16H15FN2O/c1-12-4-6-19(16(20)7-12)11-14-8-13(3-2-5-18)9-15(17)10-14/h4,6-10H,5,11,18H2,1H3. The van der Waals surface area contributed by atoms with Crippen molar-refractivity contribution < 1.29 is 4.39 Å². The lowest BCUT2D eigenvalue weighted by molar-refractivity contribution is 0.622. The van der Waals surface area contributed by atoms with E-state index >= 15 is 0 Å². The minimum atomic E-state index is -0.371. The number of nitrogens with zero attached hydrogens (tertiary/aromatic N) is 1. The molecule has 2 N–H and O–H groups in total. The quantitative estimate of drug-likeness (QED) is 0.844. The summed E-state index contributed by atoms with van der Waals surface area (Å²) >= 11 is 0. The molecule has 0 spiro atoms. The molecule has 0 unspecified atom stereocenters. The summed E-state index contributed by atoms with van der Waals surface area (Å²) in [6.07, 6.45) is 1.70. The molecule has 0 atom stereocenters. The number of nitrogens with two attached hydrogens (primary N) is 1. The second-order valence-electron chi connectivity index (χ2n) is 4.52. The van der Waals surface area contributed by atoms with E-state index in [4.69, 9.17) is 5.73 Å². The van der Waals surface area contributed by atoms with Gasteiger partial charge in [-0.15, -0.1) is 0 Å². The lowest BCUT2D eigenvalue weighted by atomic mass is 10.1. The van der Waals surface area contributed by atoms with Crippen molar-refractivity contribution in [3.05, 3.63) is 69.4 Å². The van der Waals surface area contributed by atoms with Crippen LogP contribution in [0.5, 0.6) is 0 Å². The van der Waals surface area contributed by atoms with Gasteiger partial charge in [0, 0.05) is 17.8 Å². The van der Waals surface area contributed by atoms with Gasteiger partial charge in [0.25, 0.3) is 5.56 Å². The van der Waals surface area contributed by atoms with Crippen LogP contribution in [0.25, 0.3) is 0 Å². The van der Waals surface area contributed by atoms with Crippen LogP contribution in [0.2, 0.25) is 0 Å². The Morgan fingerprint density at radius 3 is 2.80 bits per heavy atom. The first-order valence-corrected chi connectivity index (χ1v) is 6.24. The fourth-order valence-corrected chi connectivity index (χ4v) is 1.90. The summed E-state index contributed by atoms with van der Waals surface area (Å²) in [7, 11) is 0. The highest BCUT2D eigenvalue weighted by molar-refractivity contribution is 5.38. The third-order valence-electron chi connectivity index (χ3n) is 2.80. The molecule has 4 heteroatoms. The third kappa shape index (κ3) is 3.56. The number of rotatable bonds is 2. The molecule has 1 aromatic carbocycles. The Labute approximate surface area is 116 Å². The lowest BCUT2D eigenvalue weighted by Gasteiger charge is -2.07. The molecule has 0 amide bonds. The predicted molar refractivity (Wildman–Crippen MR) is 76.9 cm³/mol. The van der Waals surface area contributed by atoms with Crippen molar-refractivity contribution in [2.45, 2.75) is 13.5 Å². The first kappa shape index (κ1) is 14.0. The van der Waals surface area contributed by atoms with Crippen molar-refractivity contribution in [1.82, 2.24) is 4.57 Å². The lowest BCUT2D eigenvalue weighted by Crippen LogP contribution is -2.19. The van der Waals surface area contributed by atoms with E-state index in [1.165, 1.54) is 16.7 Å². The Morgan fingerprint density at radius 2 is 2.10 bits per heavy atom. The summed E-state index contributed by atoms with van der Waals surface area (Å²) in [4.78, 5) is 11.8. The van der Waals surface area contributed by atoms with E-state index in [-0.39, 0.29) is 17.9 Å². The minimum absolute atomic E-state index is 0.108. The highest BCUT2D eigenvalue weighted by atomic mass is 19.1. The molecule has 0 saturated heterocycles. The summed E-state index contributed by atoms with van der Waals surface area (Å²) in [5.41, 5.74) is 7.35. The molecule has 20 heavy (non-hydrogen) atoms. The van der Waals surface area contributed by atoms with E-state index in [0.717, 1.165) is 5.56 Å². The molecule has 0 aliphatic heterocycles. The molecule has 0 radical (unpaired) electrons. The fourth-order valence-electron chi connectivity index (χ4n) is 1.90. The van der Waals surface area contributed by atoms with Gasteiger partial charge in [-0.25, -0.2) is 4.39 Å². The van der Waals surface area contributed by atoms with Gasteiger partial charge < -0.3 is 10.3 Å². The van der Waals surface area contributed by atoms with Crippen molar-refractivity contribution >= 4 is 0 Å². The van der Waals surface area contributed by atoms with Crippen molar-refractivity contribution in [3.63, 3.8) is 0 Å². The third-order valence-corrected chi connectivity index (χ3v) is 2.80. The number of halogens is 1. The largest absolute Gasteiger partial charge is 0.320 e. The highest BCUT2D eigenvalue weighted by Gasteiger charge is 2.02. The highest BCUT2D eigenvalue weighted by Crippen LogP contribution is 2.09. The monoisotopic (exact) mass is 270 g/mol. The summed E-state index contributed by atoms with van der Waals surface area (Å²) in [5, 5.41) is 0. The zero-order valence-electron chi connectivity index (χ0n) is 11.2. The summed E-state index contributed by atoms with van der Waals surface area (Å²) in [6.45, 7) is 2.39. The fraction of sp³-hybridized carbons (Fsp3) is 0.188. The number of hydrogen-bond acceptors (Lipinski definition) is 2. The molecular weight excluding hydrogens is 255 g/mol. The van der Waals surface area contributed by atoms with Crippen LogP contribution in [0.3, 0.4) is 0 Å². The summed E-state index contributed by atoms with van der Waals surface area (Å²) < 4.78 is 15.1. The molecule has 2 rings (SSSR count). The topological polar surface area (TPSA) is 48.0 Å². The summed E-state index contributed by atoms with van der Waals surface area (Å²) in [6, 6.07) is 7.91. The first-order valence-electron chi connectivity index (χ1n) is 6.24. The van der Waals surface area contributed by atoms with Gasteiger partial charge in [0.2, 0.25) is 0 Å². The second kappa shape index (κ2) is 6.18. The number of aromatic nitrogens is 1. The van der Waals surface area contributed by atoms with Gasteiger partial charge in [0.1, 0.15) is 5.82 Å². The van der Waals surface area contributed by atoms with Crippen molar-refractivity contribution in [1.29, 1.82) is 0 Å². The van der Waals surface area contributed by atoms with Gasteiger partial charge >= 0.3 is 0 Å². The zero-order chi connectivity index (χ0) is 14.5. The van der Waals surface area contributed by atoms with Crippen LogP contribution < -0.4 is 11.3 Å². The van der Waals surface area contributed by atoms with Gasteiger partial charge in [0.15, 0.2) is 0 Å². The molecule has 1 aromatic heterocycles. The Bertz CT molecular complexity index is 738. The van der Waals surface area contributed by atoms with Gasteiger partial charge in [-0.05, 0) is 42.3 Å². The van der Waals surface area contributed by atoms with Crippen LogP contribution in [-0.4, -0.2) is 11.1 Å². The number of pyridine rings is 1. The number of hydrogen-bond donors (Lipinski definition) is 1. The predicted octanol–water partition coefficient (Wildman–Crippen LogP) is 1.65. The van der Waals surface area contributed by atoms with Crippen LogP contribution in [0.4, 0.5) is 4.39 Å². The molecular formula is C16H15FN2O. The molecule has 2 aromatic rings. The van der Waals surface area contributed by atoms with E-state index in [0.29, 0.717) is 17.7 Å². The normalized spacial score (nSPS) is 9.95. The van der Waals surface area contributed by atoms with E-state index in [2.05, 4.69) is 11.8 Å². The van der Waals surface area contributed by atoms with E-state index in [9.17, 15) is 9.18 Å². The van der Waals surface area contributed by atoms with Crippen LogP contribution in [0.15, 0.2) is 41.3 Å². The van der Waals surface area contributed by atoms with Crippen molar-refractivity contribution in [2.24, 2.45) is 5.73 Å². The molecule has 0 fully saturated rings. The molecule has 0 saturated carbocycles. The van der Waals surface area contributed by atoms with Crippen LogP contribution in [0, 0.1) is 24.6 Å². The van der Waals surface area contributed by atoms with E-state index in [1.807, 2.05) is 13.0 Å². The van der Waals surface area contributed by atoms with E-state index in [1.54, 1.807) is 18.3 Å². The maximum Gasteiger partial charge on any atom is 0.251 e. The second-order valence-corrected chi connectivity index (χ2v) is 4.52. The SMILES string of the molecule is Cc1ccn(Cc2cc(F)cc(C#CCN)c2)c(=O)c1. The van der Waals surface area contributed by atoms with Gasteiger partial charge in [-0.1, -0.05) is 11.8 Å². The van der Waals surface area contributed by atoms with E-state index < -0.39 is 0 Å². The molecule has 102 valence electrons. The van der Waals surface area contributed by atoms with Crippen LogP contribution in [-0.2, 0) is 6.54 Å². The van der Waals surface area contributed by atoms with Gasteiger partial charge in [-0.3, -0.25) is 4.79 Å². The van der Waals surface area contributed by atoms with Crippen LogP contribution in [0.1, 0.15) is 16.7 Å². The van der Waals surface area contributed by atoms with Crippen molar-refractivity contribution in [3.8, 4) is 11.8 Å². The molecule has 0 bridgehead atoms. The maximum atomic E-state index is 13.5. The number of aryl methyl sites for hydroxylation is 1. The first-order chi connectivity index (χ1) is 9.58. The Balaban J connectivity index is 2.33. The molecule has 0 aliphatic rings. The zero-order valence-corrected chi connectivity index (χ0v) is 11.2. The van der Waals surface area contributed by atoms with Gasteiger partial charge in [0.05, 0.1) is 13.1 Å². The Morgan fingerprint density at radius 1 is 1.30 bits per heavy atom. The molecule has 1 heterocycles. The smallest absolute Gasteiger partial charge is 0.251 e. The maximum absolute atomic E-state index is 13.5. The van der Waals surface area contributed by atoms with Crippen molar-refractivity contribution in [2.75, 3.05) is 6.54 Å². The molecule has 3 nitrogen and oxygen atoms in total.